The van der Waals surface area contributed by atoms with Crippen molar-refractivity contribution in [3.05, 3.63) is 82.1 Å². The van der Waals surface area contributed by atoms with Crippen molar-refractivity contribution in [3.63, 3.8) is 0 Å². The molecule has 7 nitrogen and oxygen atoms in total. The minimum Gasteiger partial charge on any atom is -0.497 e. The lowest BCUT2D eigenvalue weighted by molar-refractivity contribution is -0.133. The molecule has 210 valence electrons. The van der Waals surface area contributed by atoms with Crippen LogP contribution < -0.4 is 9.47 Å². The highest BCUT2D eigenvalue weighted by Crippen LogP contribution is 2.24. The number of ether oxygens (including phenoxy) is 2. The van der Waals surface area contributed by atoms with Gasteiger partial charge in [-0.05, 0) is 61.7 Å². The third kappa shape index (κ3) is 8.36. The molecule has 0 fully saturated rings. The number of carbonyl (C=O) groups is 2. The quantitative estimate of drug-likeness (QED) is 0.216. The van der Waals surface area contributed by atoms with Crippen LogP contribution in [0.5, 0.6) is 11.5 Å². The second kappa shape index (κ2) is 14.8. The van der Waals surface area contributed by atoms with E-state index in [0.717, 1.165) is 36.0 Å². The predicted molar refractivity (Wildman–Crippen MR) is 158 cm³/mol. The van der Waals surface area contributed by atoms with Gasteiger partial charge in [-0.1, -0.05) is 48.3 Å². The Hall–Kier alpha value is -3.26. The fourth-order valence-corrected chi connectivity index (χ4v) is 4.63. The molecule has 0 saturated heterocycles. The molecule has 0 bridgehead atoms. The predicted octanol–water partition coefficient (Wildman–Crippen LogP) is 6.39. The molecule has 0 aliphatic heterocycles. The molecule has 2 amide bonds. The molecule has 0 aliphatic rings. The van der Waals surface area contributed by atoms with E-state index in [9.17, 15) is 9.59 Å². The van der Waals surface area contributed by atoms with Crippen molar-refractivity contribution in [2.24, 2.45) is 0 Å². The summed E-state index contributed by atoms with van der Waals surface area (Å²) in [5, 5.41) is 0. The highest BCUT2D eigenvalue weighted by atomic mass is 79.9. The van der Waals surface area contributed by atoms with Gasteiger partial charge in [-0.15, -0.1) is 0 Å². The summed E-state index contributed by atoms with van der Waals surface area (Å²) < 4.78 is 14.0. The highest BCUT2D eigenvalue weighted by molar-refractivity contribution is 9.10. The third-order valence-corrected chi connectivity index (χ3v) is 7.49. The molecule has 3 aromatic rings. The molecular formula is C31H40BrN3O4. The minimum absolute atomic E-state index is 0.00446. The number of aromatic nitrogens is 1. The van der Waals surface area contributed by atoms with Crippen molar-refractivity contribution in [1.29, 1.82) is 0 Å². The fourth-order valence-electron chi connectivity index (χ4n) is 4.36. The molecule has 2 aromatic carbocycles. The van der Waals surface area contributed by atoms with Gasteiger partial charge in [0.1, 0.15) is 18.0 Å². The van der Waals surface area contributed by atoms with Crippen LogP contribution in [0.2, 0.25) is 0 Å². The van der Waals surface area contributed by atoms with E-state index in [4.69, 9.17) is 9.47 Å². The number of amides is 2. The standard InChI is InChI=1S/C31H40BrN3O4/c1-6-8-15-34(21-27-10-9-16-33(27)20-24-11-13-26(32)14-12-24)30(36)22-35(23(3)7-2)31(37)25-17-28(38-4)19-29(18-25)39-5/h9-14,16-19,23H,6-8,15,20-22H2,1-5H3. The largest absolute Gasteiger partial charge is 0.497 e. The Bertz CT molecular complexity index is 1200. The zero-order valence-electron chi connectivity index (χ0n) is 23.7. The second-order valence-electron chi connectivity index (χ2n) is 9.71. The van der Waals surface area contributed by atoms with Gasteiger partial charge in [0, 0.05) is 47.1 Å². The maximum absolute atomic E-state index is 13.8. The lowest BCUT2D eigenvalue weighted by atomic mass is 10.1. The summed E-state index contributed by atoms with van der Waals surface area (Å²) in [6.45, 7) is 7.95. The molecule has 0 saturated carbocycles. The van der Waals surface area contributed by atoms with E-state index < -0.39 is 0 Å². The van der Waals surface area contributed by atoms with Crippen molar-refractivity contribution in [1.82, 2.24) is 14.4 Å². The number of hydrogen-bond acceptors (Lipinski definition) is 4. The molecule has 0 N–H and O–H groups in total. The van der Waals surface area contributed by atoms with E-state index in [1.54, 1.807) is 37.3 Å². The number of methoxy groups -OCH3 is 2. The Morgan fingerprint density at radius 1 is 1.00 bits per heavy atom. The first-order chi connectivity index (χ1) is 18.8. The van der Waals surface area contributed by atoms with Crippen LogP contribution in [0.15, 0.2) is 65.3 Å². The minimum atomic E-state index is -0.219. The Labute approximate surface area is 240 Å². The van der Waals surface area contributed by atoms with Crippen LogP contribution in [-0.4, -0.2) is 59.5 Å². The Morgan fingerprint density at radius 3 is 2.26 bits per heavy atom. The van der Waals surface area contributed by atoms with Gasteiger partial charge in [-0.3, -0.25) is 9.59 Å². The van der Waals surface area contributed by atoms with Gasteiger partial charge >= 0.3 is 0 Å². The van der Waals surface area contributed by atoms with Gasteiger partial charge in [-0.25, -0.2) is 0 Å². The Balaban J connectivity index is 1.82. The third-order valence-electron chi connectivity index (χ3n) is 6.96. The van der Waals surface area contributed by atoms with Crippen LogP contribution >= 0.6 is 15.9 Å². The SMILES string of the molecule is CCCCN(Cc1cccn1Cc1ccc(Br)cc1)C(=O)CN(C(=O)c1cc(OC)cc(OC)c1)C(C)CC. The van der Waals surface area contributed by atoms with Crippen molar-refractivity contribution >= 4 is 27.7 Å². The summed E-state index contributed by atoms with van der Waals surface area (Å²) in [6, 6.07) is 17.3. The van der Waals surface area contributed by atoms with Gasteiger partial charge in [0.2, 0.25) is 5.91 Å². The summed E-state index contributed by atoms with van der Waals surface area (Å²) in [6.07, 6.45) is 4.64. The smallest absolute Gasteiger partial charge is 0.254 e. The van der Waals surface area contributed by atoms with Gasteiger partial charge in [-0.2, -0.15) is 0 Å². The lowest BCUT2D eigenvalue weighted by Crippen LogP contribution is -2.46. The molecule has 8 heteroatoms. The van der Waals surface area contributed by atoms with E-state index in [1.807, 2.05) is 43.1 Å². The summed E-state index contributed by atoms with van der Waals surface area (Å²) >= 11 is 3.49. The Kier molecular flexibility index (Phi) is 11.5. The molecule has 3 rings (SSSR count). The second-order valence-corrected chi connectivity index (χ2v) is 10.6. The molecule has 1 unspecified atom stereocenters. The molecule has 0 spiro atoms. The van der Waals surface area contributed by atoms with Crippen molar-refractivity contribution < 1.29 is 19.1 Å². The van der Waals surface area contributed by atoms with E-state index >= 15 is 0 Å². The summed E-state index contributed by atoms with van der Waals surface area (Å²) in [5.41, 5.74) is 2.67. The monoisotopic (exact) mass is 597 g/mol. The van der Waals surface area contributed by atoms with Gasteiger partial charge in [0.05, 0.1) is 20.8 Å². The molecule has 0 radical (unpaired) electrons. The zero-order chi connectivity index (χ0) is 28.4. The molecule has 1 heterocycles. The zero-order valence-corrected chi connectivity index (χ0v) is 25.2. The first kappa shape index (κ1) is 30.3. The average Bonchev–Trinajstić information content (AvgIpc) is 3.39. The number of carbonyl (C=O) groups excluding carboxylic acids is 2. The first-order valence-corrected chi connectivity index (χ1v) is 14.3. The average molecular weight is 599 g/mol. The van der Waals surface area contributed by atoms with E-state index in [-0.39, 0.29) is 24.4 Å². The summed E-state index contributed by atoms with van der Waals surface area (Å²) in [5.74, 6) is 0.779. The molecule has 0 aliphatic carbocycles. The van der Waals surface area contributed by atoms with Crippen LogP contribution in [0, 0.1) is 0 Å². The number of halogens is 1. The van der Waals surface area contributed by atoms with Crippen LogP contribution in [0.3, 0.4) is 0 Å². The van der Waals surface area contributed by atoms with Gasteiger partial charge < -0.3 is 23.8 Å². The molecule has 1 atom stereocenters. The lowest BCUT2D eigenvalue weighted by Gasteiger charge is -2.31. The molecule has 1 aromatic heterocycles. The Morgan fingerprint density at radius 2 is 1.67 bits per heavy atom. The number of unbranched alkanes of at least 4 members (excludes halogenated alkanes) is 1. The van der Waals surface area contributed by atoms with E-state index in [2.05, 4.69) is 45.6 Å². The van der Waals surface area contributed by atoms with Crippen LogP contribution in [0.1, 0.15) is 61.6 Å². The molecule has 39 heavy (non-hydrogen) atoms. The number of rotatable bonds is 14. The number of nitrogens with zero attached hydrogens (tertiary/aromatic N) is 3. The summed E-state index contributed by atoms with van der Waals surface area (Å²) in [4.78, 5) is 31.0. The number of hydrogen-bond donors (Lipinski definition) is 0. The summed E-state index contributed by atoms with van der Waals surface area (Å²) in [7, 11) is 3.11. The van der Waals surface area contributed by atoms with Crippen molar-refractivity contribution in [2.45, 2.75) is 59.2 Å². The van der Waals surface area contributed by atoms with Gasteiger partial charge in [0.15, 0.2) is 0 Å². The maximum Gasteiger partial charge on any atom is 0.254 e. The van der Waals surface area contributed by atoms with Gasteiger partial charge in [0.25, 0.3) is 5.91 Å². The van der Waals surface area contributed by atoms with E-state index in [1.165, 1.54) is 5.56 Å². The number of benzene rings is 2. The van der Waals surface area contributed by atoms with Crippen LogP contribution in [0.4, 0.5) is 0 Å². The normalized spacial score (nSPS) is 11.6. The fraction of sp³-hybridized carbons (Fsp3) is 0.419. The highest BCUT2D eigenvalue weighted by Gasteiger charge is 2.27. The van der Waals surface area contributed by atoms with Crippen LogP contribution in [0.25, 0.3) is 0 Å². The maximum atomic E-state index is 13.8. The first-order valence-electron chi connectivity index (χ1n) is 13.5. The van der Waals surface area contributed by atoms with E-state index in [0.29, 0.717) is 30.2 Å². The topological polar surface area (TPSA) is 64.0 Å². The van der Waals surface area contributed by atoms with Crippen LogP contribution in [-0.2, 0) is 17.9 Å². The molecular weight excluding hydrogens is 558 g/mol. The van der Waals surface area contributed by atoms with Crippen molar-refractivity contribution in [3.8, 4) is 11.5 Å². The van der Waals surface area contributed by atoms with Crippen molar-refractivity contribution in [2.75, 3.05) is 27.3 Å².